The van der Waals surface area contributed by atoms with Crippen LogP contribution in [0.15, 0.2) is 29.3 Å². The molecule has 0 atom stereocenters. The molecule has 0 saturated heterocycles. The van der Waals surface area contributed by atoms with Gasteiger partial charge in [-0.1, -0.05) is 11.6 Å². The number of hydrogen-bond acceptors (Lipinski definition) is 5. The lowest BCUT2D eigenvalue weighted by Crippen LogP contribution is -2.39. The van der Waals surface area contributed by atoms with Gasteiger partial charge in [-0.25, -0.2) is 0 Å². The SMILES string of the molecule is Cc1cc(C)c(CN2CCc3c(-c4cnn(CCN(C)C)c4)cc(OC(C)C)c(Cl)c3C2=O)c(=O)[nH]1. The zero-order chi connectivity index (χ0) is 26.1. The number of aromatic nitrogens is 3. The number of ether oxygens (including phenoxy) is 1. The zero-order valence-electron chi connectivity index (χ0n) is 21.8. The van der Waals surface area contributed by atoms with Crippen LogP contribution in [0.25, 0.3) is 11.1 Å². The van der Waals surface area contributed by atoms with E-state index in [0.717, 1.165) is 41.0 Å². The number of likely N-dealkylation sites (N-methyl/N-ethyl adjacent to an activating group) is 1. The largest absolute Gasteiger partial charge is 0.489 e. The molecule has 0 saturated carbocycles. The highest BCUT2D eigenvalue weighted by atomic mass is 35.5. The van der Waals surface area contributed by atoms with Crippen molar-refractivity contribution >= 4 is 17.5 Å². The second-order valence-corrected chi connectivity index (χ2v) is 10.3. The Kier molecular flexibility index (Phi) is 7.57. The number of nitrogens with one attached hydrogen (secondary N) is 1. The van der Waals surface area contributed by atoms with Crippen LogP contribution >= 0.6 is 11.6 Å². The van der Waals surface area contributed by atoms with Crippen LogP contribution in [0.1, 0.15) is 46.6 Å². The van der Waals surface area contributed by atoms with Crippen molar-refractivity contribution in [2.45, 2.75) is 53.3 Å². The fourth-order valence-corrected chi connectivity index (χ4v) is 4.90. The Bertz CT molecular complexity index is 1340. The summed E-state index contributed by atoms with van der Waals surface area (Å²) in [7, 11) is 4.05. The normalized spacial score (nSPS) is 13.6. The molecule has 3 aromatic rings. The second kappa shape index (κ2) is 10.5. The van der Waals surface area contributed by atoms with Crippen LogP contribution < -0.4 is 10.3 Å². The van der Waals surface area contributed by atoms with Gasteiger partial charge in [0.05, 0.1) is 36.0 Å². The summed E-state index contributed by atoms with van der Waals surface area (Å²) in [5.74, 6) is 0.275. The smallest absolute Gasteiger partial charge is 0.256 e. The minimum Gasteiger partial charge on any atom is -0.489 e. The van der Waals surface area contributed by atoms with E-state index in [9.17, 15) is 9.59 Å². The van der Waals surface area contributed by atoms with Crippen LogP contribution in [0.5, 0.6) is 5.75 Å². The Morgan fingerprint density at radius 3 is 2.64 bits per heavy atom. The third kappa shape index (κ3) is 5.34. The fourth-order valence-electron chi connectivity index (χ4n) is 4.61. The summed E-state index contributed by atoms with van der Waals surface area (Å²) in [6.45, 7) is 9.94. The first-order valence-corrected chi connectivity index (χ1v) is 12.6. The minimum atomic E-state index is -0.198. The van der Waals surface area contributed by atoms with Crippen LogP contribution in [0.3, 0.4) is 0 Å². The number of rotatable bonds is 8. The van der Waals surface area contributed by atoms with Crippen molar-refractivity contribution in [3.63, 3.8) is 0 Å². The van der Waals surface area contributed by atoms with Gasteiger partial charge in [-0.3, -0.25) is 14.3 Å². The molecule has 0 unspecified atom stereocenters. The molecule has 8 nitrogen and oxygen atoms in total. The lowest BCUT2D eigenvalue weighted by molar-refractivity contribution is 0.0725. The van der Waals surface area contributed by atoms with Crippen LogP contribution in [-0.2, 0) is 19.5 Å². The van der Waals surface area contributed by atoms with Crippen LogP contribution in [0, 0.1) is 13.8 Å². The number of H-pyrrole nitrogens is 1. The monoisotopic (exact) mass is 511 g/mol. The van der Waals surface area contributed by atoms with Crippen molar-refractivity contribution in [3.05, 3.63) is 67.9 Å². The number of hydrogen-bond donors (Lipinski definition) is 1. The molecule has 0 radical (unpaired) electrons. The number of carbonyl (C=O) groups excluding carboxylic acids is 1. The summed E-state index contributed by atoms with van der Waals surface area (Å²) < 4.78 is 7.93. The summed E-state index contributed by atoms with van der Waals surface area (Å²) in [4.78, 5) is 33.0. The Labute approximate surface area is 216 Å². The molecular formula is C27H34ClN5O3. The quantitative estimate of drug-likeness (QED) is 0.493. The lowest BCUT2D eigenvalue weighted by Gasteiger charge is -2.31. The first-order chi connectivity index (χ1) is 17.0. The summed E-state index contributed by atoms with van der Waals surface area (Å²) >= 11 is 6.80. The molecule has 36 heavy (non-hydrogen) atoms. The Morgan fingerprint density at radius 1 is 1.22 bits per heavy atom. The average Bonchev–Trinajstić information content (AvgIpc) is 3.26. The predicted octanol–water partition coefficient (Wildman–Crippen LogP) is 4.06. The van der Waals surface area contributed by atoms with E-state index in [1.807, 2.05) is 71.0 Å². The molecule has 9 heteroatoms. The van der Waals surface area contributed by atoms with Crippen molar-refractivity contribution in [1.82, 2.24) is 24.6 Å². The van der Waals surface area contributed by atoms with Gasteiger partial charge >= 0.3 is 0 Å². The molecule has 0 aliphatic carbocycles. The van der Waals surface area contributed by atoms with Crippen LogP contribution in [-0.4, -0.2) is 63.8 Å². The van der Waals surface area contributed by atoms with Gasteiger partial charge in [-0.15, -0.1) is 0 Å². The molecule has 4 rings (SSSR count). The number of aryl methyl sites for hydroxylation is 2. The minimum absolute atomic E-state index is 0.111. The lowest BCUT2D eigenvalue weighted by atomic mass is 9.90. The van der Waals surface area contributed by atoms with Gasteiger partial charge in [0.25, 0.3) is 11.5 Å². The molecule has 1 N–H and O–H groups in total. The molecule has 0 fully saturated rings. The van der Waals surface area contributed by atoms with Crippen molar-refractivity contribution in [2.24, 2.45) is 0 Å². The van der Waals surface area contributed by atoms with Crippen molar-refractivity contribution < 1.29 is 9.53 Å². The highest BCUT2D eigenvalue weighted by Crippen LogP contribution is 2.41. The number of halogens is 1. The highest BCUT2D eigenvalue weighted by Gasteiger charge is 2.32. The number of aromatic amines is 1. The van der Waals surface area contributed by atoms with E-state index in [-0.39, 0.29) is 24.1 Å². The summed E-state index contributed by atoms with van der Waals surface area (Å²) in [6, 6.07) is 3.85. The summed E-state index contributed by atoms with van der Waals surface area (Å²) in [6.07, 6.45) is 4.33. The molecule has 1 aromatic carbocycles. The molecule has 192 valence electrons. The standard InChI is InChI=1S/C27H34ClN5O3/c1-16(2)36-23-12-21(19-13-29-33(14-19)10-9-31(5)6)20-7-8-32(27(35)24(20)25(23)28)15-22-17(3)11-18(4)30-26(22)34/h11-14,16H,7-10,15H2,1-6H3,(H,30,34). The van der Waals surface area contributed by atoms with E-state index in [4.69, 9.17) is 16.3 Å². The highest BCUT2D eigenvalue weighted by molar-refractivity contribution is 6.35. The van der Waals surface area contributed by atoms with Gasteiger partial charge in [0.2, 0.25) is 0 Å². The van der Waals surface area contributed by atoms with Gasteiger partial charge < -0.3 is 19.5 Å². The van der Waals surface area contributed by atoms with Crippen LogP contribution in [0.4, 0.5) is 0 Å². The van der Waals surface area contributed by atoms with E-state index in [1.54, 1.807) is 4.90 Å². The summed E-state index contributed by atoms with van der Waals surface area (Å²) in [5, 5.41) is 4.84. The third-order valence-corrected chi connectivity index (χ3v) is 6.77. The maximum absolute atomic E-state index is 13.8. The number of fused-ring (bicyclic) bond motifs is 1. The number of benzene rings is 1. The molecule has 1 amide bonds. The zero-order valence-corrected chi connectivity index (χ0v) is 22.6. The van der Waals surface area contributed by atoms with Crippen molar-refractivity contribution in [1.29, 1.82) is 0 Å². The molecule has 3 heterocycles. The average molecular weight is 512 g/mol. The number of carbonyl (C=O) groups is 1. The third-order valence-electron chi connectivity index (χ3n) is 6.40. The van der Waals surface area contributed by atoms with Crippen molar-refractivity contribution in [3.8, 4) is 16.9 Å². The van der Waals surface area contributed by atoms with Gasteiger partial charge in [-0.2, -0.15) is 5.10 Å². The maximum Gasteiger partial charge on any atom is 0.256 e. The van der Waals surface area contributed by atoms with Gasteiger partial charge in [-0.05, 0) is 77.0 Å². The topological polar surface area (TPSA) is 83.5 Å². The number of amides is 1. The van der Waals surface area contributed by atoms with E-state index >= 15 is 0 Å². The van der Waals surface area contributed by atoms with Crippen molar-refractivity contribution in [2.75, 3.05) is 27.2 Å². The number of pyridine rings is 1. The van der Waals surface area contributed by atoms with Gasteiger partial charge in [0, 0.05) is 36.1 Å². The molecule has 1 aliphatic rings. The maximum atomic E-state index is 13.8. The van der Waals surface area contributed by atoms with Gasteiger partial charge in [0.1, 0.15) is 5.75 Å². The first kappa shape index (κ1) is 26.0. The molecule has 2 aromatic heterocycles. The van der Waals surface area contributed by atoms with E-state index in [2.05, 4.69) is 15.0 Å². The number of nitrogens with zero attached hydrogens (tertiary/aromatic N) is 4. The van der Waals surface area contributed by atoms with E-state index < -0.39 is 0 Å². The molecule has 1 aliphatic heterocycles. The van der Waals surface area contributed by atoms with E-state index in [1.165, 1.54) is 0 Å². The second-order valence-electron chi connectivity index (χ2n) is 9.97. The Morgan fingerprint density at radius 2 is 1.97 bits per heavy atom. The molecular weight excluding hydrogens is 478 g/mol. The Balaban J connectivity index is 1.75. The Hall–Kier alpha value is -3.10. The first-order valence-electron chi connectivity index (χ1n) is 12.2. The van der Waals surface area contributed by atoms with Crippen LogP contribution in [0.2, 0.25) is 5.02 Å². The fraction of sp³-hybridized carbons (Fsp3) is 0.444. The summed E-state index contributed by atoms with van der Waals surface area (Å²) in [5.41, 5.74) is 5.23. The van der Waals surface area contributed by atoms with E-state index in [0.29, 0.717) is 34.9 Å². The van der Waals surface area contributed by atoms with Gasteiger partial charge in [0.15, 0.2) is 0 Å². The molecule has 0 bridgehead atoms. The predicted molar refractivity (Wildman–Crippen MR) is 142 cm³/mol. The molecule has 0 spiro atoms.